The molecule has 0 spiro atoms. The zero-order valence-corrected chi connectivity index (χ0v) is 12.7. The average Bonchev–Trinajstić information content (AvgIpc) is 2.55. The smallest absolute Gasteiger partial charge is 0.272 e. The van der Waals surface area contributed by atoms with Gasteiger partial charge in [-0.25, -0.2) is 9.97 Å². The normalized spacial score (nSPS) is 18.3. The van der Waals surface area contributed by atoms with Crippen LogP contribution in [0.2, 0.25) is 0 Å². The van der Waals surface area contributed by atoms with Crippen molar-refractivity contribution in [3.8, 4) is 0 Å². The highest BCUT2D eigenvalue weighted by Crippen LogP contribution is 2.20. The summed E-state index contributed by atoms with van der Waals surface area (Å²) < 4.78 is 5.73. The third kappa shape index (κ3) is 2.96. The van der Waals surface area contributed by atoms with E-state index in [4.69, 9.17) is 4.74 Å². The number of pyridine rings is 1. The van der Waals surface area contributed by atoms with Gasteiger partial charge in [0.05, 0.1) is 13.2 Å². The molecule has 2 aromatic rings. The van der Waals surface area contributed by atoms with Gasteiger partial charge in [0.25, 0.3) is 5.91 Å². The number of carbonyl (C=O) groups is 1. The fraction of sp³-hybridized carbons (Fsp3) is 0.375. The molecule has 22 heavy (non-hydrogen) atoms. The van der Waals surface area contributed by atoms with Crippen LogP contribution in [-0.2, 0) is 4.74 Å². The van der Waals surface area contributed by atoms with Crippen molar-refractivity contribution >= 4 is 5.91 Å². The van der Waals surface area contributed by atoms with Gasteiger partial charge in [-0.05, 0) is 31.5 Å². The lowest BCUT2D eigenvalue weighted by atomic mass is 10.1. The molecule has 1 amide bonds. The highest BCUT2D eigenvalue weighted by molar-refractivity contribution is 5.93. The van der Waals surface area contributed by atoms with E-state index in [1.165, 1.54) is 0 Å². The molecular weight excluding hydrogens is 280 g/mol. The summed E-state index contributed by atoms with van der Waals surface area (Å²) in [5, 5.41) is 0. The Morgan fingerprint density at radius 2 is 2.14 bits per heavy atom. The third-order valence-corrected chi connectivity index (χ3v) is 3.67. The molecule has 1 fully saturated rings. The molecule has 3 heterocycles. The van der Waals surface area contributed by atoms with E-state index < -0.39 is 0 Å². The van der Waals surface area contributed by atoms with Crippen LogP contribution in [0, 0.1) is 13.8 Å². The number of amides is 1. The Balaban J connectivity index is 1.78. The van der Waals surface area contributed by atoms with Gasteiger partial charge in [0.2, 0.25) is 0 Å². The first-order chi connectivity index (χ1) is 10.6. The van der Waals surface area contributed by atoms with Crippen molar-refractivity contribution in [3.63, 3.8) is 0 Å². The molecule has 0 radical (unpaired) electrons. The SMILES string of the molecule is Cc1ccnc([C@H]2CN(C(=O)c3ncccc3C)CCO2)n1. The summed E-state index contributed by atoms with van der Waals surface area (Å²) >= 11 is 0. The number of morpholine rings is 1. The van der Waals surface area contributed by atoms with E-state index in [0.29, 0.717) is 31.2 Å². The van der Waals surface area contributed by atoms with Crippen LogP contribution in [0.1, 0.15) is 33.7 Å². The molecule has 0 aromatic carbocycles. The molecule has 0 aliphatic carbocycles. The van der Waals surface area contributed by atoms with Crippen LogP contribution in [0.3, 0.4) is 0 Å². The van der Waals surface area contributed by atoms with Crippen molar-refractivity contribution in [2.75, 3.05) is 19.7 Å². The second-order valence-electron chi connectivity index (χ2n) is 5.34. The monoisotopic (exact) mass is 298 g/mol. The first-order valence-electron chi connectivity index (χ1n) is 7.27. The Morgan fingerprint density at radius 1 is 1.27 bits per heavy atom. The summed E-state index contributed by atoms with van der Waals surface area (Å²) in [6, 6.07) is 5.56. The fourth-order valence-electron chi connectivity index (χ4n) is 2.47. The van der Waals surface area contributed by atoms with Crippen LogP contribution in [-0.4, -0.2) is 45.5 Å². The number of nitrogens with zero attached hydrogens (tertiary/aromatic N) is 4. The van der Waals surface area contributed by atoms with Crippen LogP contribution in [0.25, 0.3) is 0 Å². The van der Waals surface area contributed by atoms with Crippen molar-refractivity contribution in [2.24, 2.45) is 0 Å². The number of hydrogen-bond donors (Lipinski definition) is 0. The molecule has 114 valence electrons. The van der Waals surface area contributed by atoms with Crippen molar-refractivity contribution in [1.82, 2.24) is 19.9 Å². The van der Waals surface area contributed by atoms with E-state index in [-0.39, 0.29) is 12.0 Å². The van der Waals surface area contributed by atoms with Gasteiger partial charge in [-0.3, -0.25) is 9.78 Å². The standard InChI is InChI=1S/C16H18N4O2/c1-11-4-3-6-17-14(11)16(21)20-8-9-22-13(10-20)15-18-7-5-12(2)19-15/h3-7,13H,8-10H2,1-2H3/t13-/m1/s1. The van der Waals surface area contributed by atoms with Crippen molar-refractivity contribution in [2.45, 2.75) is 20.0 Å². The molecule has 1 aliphatic heterocycles. The van der Waals surface area contributed by atoms with E-state index in [2.05, 4.69) is 15.0 Å². The van der Waals surface area contributed by atoms with Crippen LogP contribution in [0.5, 0.6) is 0 Å². The first kappa shape index (κ1) is 14.6. The van der Waals surface area contributed by atoms with Gasteiger partial charge in [0, 0.05) is 24.6 Å². The van der Waals surface area contributed by atoms with Gasteiger partial charge in [0.1, 0.15) is 11.8 Å². The molecule has 0 N–H and O–H groups in total. The molecule has 0 saturated carbocycles. The van der Waals surface area contributed by atoms with Gasteiger partial charge >= 0.3 is 0 Å². The molecule has 1 atom stereocenters. The van der Waals surface area contributed by atoms with E-state index in [0.717, 1.165) is 11.3 Å². The Labute approximate surface area is 129 Å². The van der Waals surface area contributed by atoms with Crippen LogP contribution < -0.4 is 0 Å². The largest absolute Gasteiger partial charge is 0.367 e. The molecule has 1 aliphatic rings. The van der Waals surface area contributed by atoms with Gasteiger partial charge in [-0.15, -0.1) is 0 Å². The molecule has 6 nitrogen and oxygen atoms in total. The molecule has 3 rings (SSSR count). The summed E-state index contributed by atoms with van der Waals surface area (Å²) in [6.45, 7) is 5.27. The highest BCUT2D eigenvalue weighted by Gasteiger charge is 2.28. The summed E-state index contributed by atoms with van der Waals surface area (Å²) in [7, 11) is 0. The molecule has 1 saturated heterocycles. The number of carbonyl (C=O) groups excluding carboxylic acids is 1. The average molecular weight is 298 g/mol. The minimum absolute atomic E-state index is 0.0703. The van der Waals surface area contributed by atoms with E-state index >= 15 is 0 Å². The maximum atomic E-state index is 12.6. The zero-order chi connectivity index (χ0) is 15.5. The lowest BCUT2D eigenvalue weighted by molar-refractivity contribution is -0.0270. The van der Waals surface area contributed by atoms with Crippen molar-refractivity contribution in [1.29, 1.82) is 0 Å². The zero-order valence-electron chi connectivity index (χ0n) is 12.7. The predicted octanol–water partition coefficient (Wildman–Crippen LogP) is 1.70. The van der Waals surface area contributed by atoms with Gasteiger partial charge in [0.15, 0.2) is 5.82 Å². The first-order valence-corrected chi connectivity index (χ1v) is 7.27. The second-order valence-corrected chi connectivity index (χ2v) is 5.34. The van der Waals surface area contributed by atoms with E-state index in [9.17, 15) is 4.79 Å². The van der Waals surface area contributed by atoms with Gasteiger partial charge in [-0.2, -0.15) is 0 Å². The second kappa shape index (κ2) is 6.19. The molecule has 6 heteroatoms. The maximum Gasteiger partial charge on any atom is 0.272 e. The number of aryl methyl sites for hydroxylation is 2. The van der Waals surface area contributed by atoms with Crippen LogP contribution in [0.4, 0.5) is 0 Å². The number of aromatic nitrogens is 3. The quantitative estimate of drug-likeness (QED) is 0.844. The molecule has 2 aromatic heterocycles. The summed E-state index contributed by atoms with van der Waals surface area (Å²) in [5.74, 6) is 0.550. The van der Waals surface area contributed by atoms with Crippen LogP contribution >= 0.6 is 0 Å². The Morgan fingerprint density at radius 3 is 2.91 bits per heavy atom. The summed E-state index contributed by atoms with van der Waals surface area (Å²) in [5.41, 5.74) is 2.26. The minimum Gasteiger partial charge on any atom is -0.367 e. The van der Waals surface area contributed by atoms with Crippen LogP contribution in [0.15, 0.2) is 30.6 Å². The maximum absolute atomic E-state index is 12.6. The Bertz CT molecular complexity index is 689. The Kier molecular flexibility index (Phi) is 4.11. The predicted molar refractivity (Wildman–Crippen MR) is 80.3 cm³/mol. The number of hydrogen-bond acceptors (Lipinski definition) is 5. The summed E-state index contributed by atoms with van der Waals surface area (Å²) in [6.07, 6.45) is 3.06. The molecule has 0 unspecified atom stereocenters. The van der Waals surface area contributed by atoms with Crippen molar-refractivity contribution in [3.05, 3.63) is 53.4 Å². The summed E-state index contributed by atoms with van der Waals surface area (Å²) in [4.78, 5) is 27.2. The number of rotatable bonds is 2. The van der Waals surface area contributed by atoms with Crippen molar-refractivity contribution < 1.29 is 9.53 Å². The Hall–Kier alpha value is -2.34. The lowest BCUT2D eigenvalue weighted by Crippen LogP contribution is -2.43. The topological polar surface area (TPSA) is 68.2 Å². The third-order valence-electron chi connectivity index (χ3n) is 3.67. The highest BCUT2D eigenvalue weighted by atomic mass is 16.5. The molecular formula is C16H18N4O2. The molecule has 0 bridgehead atoms. The van der Waals surface area contributed by atoms with E-state index in [1.54, 1.807) is 17.3 Å². The van der Waals surface area contributed by atoms with Gasteiger partial charge < -0.3 is 9.64 Å². The lowest BCUT2D eigenvalue weighted by Gasteiger charge is -2.32. The van der Waals surface area contributed by atoms with E-state index in [1.807, 2.05) is 32.0 Å². The van der Waals surface area contributed by atoms with Gasteiger partial charge in [-0.1, -0.05) is 6.07 Å². The number of ether oxygens (including phenoxy) is 1. The minimum atomic E-state index is -0.290. The fourth-order valence-corrected chi connectivity index (χ4v) is 2.47.